The maximum absolute atomic E-state index is 12.2. The molecular weight excluding hydrogens is 322 g/mol. The second kappa shape index (κ2) is 5.68. The number of hydrogen-bond acceptors (Lipinski definition) is 5. The Balaban J connectivity index is 1.72. The molecule has 5 nitrogen and oxygen atoms in total. The number of carbonyl (C=O) groups is 1. The summed E-state index contributed by atoms with van der Waals surface area (Å²) in [6.07, 6.45) is 2.17. The molecule has 0 atom stereocenters. The smallest absolute Gasteiger partial charge is 0.261 e. The molecule has 2 fully saturated rings. The zero-order valence-electron chi connectivity index (χ0n) is 12.0. The highest BCUT2D eigenvalue weighted by atomic mass is 35.5. The standard InChI is InChI=1S/C15H16ClN3O2S/c16-13-8-11(19-3-5-21-6-4-19)14-10(18-13)7-12(22-14)15(20)17-9-1-2-9/h7-9H,1-6H2,(H,17,20). The molecule has 0 aromatic carbocycles. The van der Waals surface area contributed by atoms with Crippen LogP contribution in [0, 0.1) is 0 Å². The van der Waals surface area contributed by atoms with Gasteiger partial charge in [-0.05, 0) is 18.9 Å². The van der Waals surface area contributed by atoms with Crippen molar-refractivity contribution in [1.82, 2.24) is 10.3 Å². The third kappa shape index (κ3) is 2.78. The molecule has 116 valence electrons. The number of fused-ring (bicyclic) bond motifs is 1. The number of nitrogens with zero attached hydrogens (tertiary/aromatic N) is 2. The molecule has 4 rings (SSSR count). The molecule has 1 saturated heterocycles. The number of thiophene rings is 1. The van der Waals surface area contributed by atoms with Crippen LogP contribution in [0.1, 0.15) is 22.5 Å². The number of aromatic nitrogens is 1. The van der Waals surface area contributed by atoms with Crippen LogP contribution in [-0.4, -0.2) is 43.2 Å². The Morgan fingerprint density at radius 3 is 2.86 bits per heavy atom. The molecule has 1 saturated carbocycles. The SMILES string of the molecule is O=C(NC1CC1)c1cc2nc(Cl)cc(N3CCOCC3)c2s1. The lowest BCUT2D eigenvalue weighted by Crippen LogP contribution is -2.36. The Bertz CT molecular complexity index is 723. The molecule has 0 bridgehead atoms. The Morgan fingerprint density at radius 1 is 1.36 bits per heavy atom. The third-order valence-corrected chi connectivity index (χ3v) is 5.26. The van der Waals surface area contributed by atoms with Gasteiger partial charge in [0.05, 0.1) is 34.0 Å². The van der Waals surface area contributed by atoms with E-state index in [1.807, 2.05) is 12.1 Å². The van der Waals surface area contributed by atoms with Gasteiger partial charge < -0.3 is 15.0 Å². The molecule has 0 radical (unpaired) electrons. The van der Waals surface area contributed by atoms with Gasteiger partial charge in [0, 0.05) is 25.2 Å². The first-order valence-electron chi connectivity index (χ1n) is 7.44. The lowest BCUT2D eigenvalue weighted by atomic mass is 10.3. The number of carbonyl (C=O) groups excluding carboxylic acids is 1. The van der Waals surface area contributed by atoms with Gasteiger partial charge in [-0.15, -0.1) is 11.3 Å². The Hall–Kier alpha value is -1.37. The molecule has 22 heavy (non-hydrogen) atoms. The van der Waals surface area contributed by atoms with Crippen LogP contribution < -0.4 is 10.2 Å². The zero-order chi connectivity index (χ0) is 15.1. The summed E-state index contributed by atoms with van der Waals surface area (Å²) in [4.78, 5) is 19.6. The van der Waals surface area contributed by atoms with Crippen molar-refractivity contribution in [2.24, 2.45) is 0 Å². The fourth-order valence-electron chi connectivity index (χ4n) is 2.61. The maximum atomic E-state index is 12.2. The molecule has 2 aliphatic rings. The lowest BCUT2D eigenvalue weighted by molar-refractivity contribution is 0.0955. The van der Waals surface area contributed by atoms with Crippen molar-refractivity contribution in [2.45, 2.75) is 18.9 Å². The van der Waals surface area contributed by atoms with Crippen LogP contribution in [0.4, 0.5) is 5.69 Å². The normalized spacial score (nSPS) is 18.7. The molecule has 0 unspecified atom stereocenters. The number of rotatable bonds is 3. The van der Waals surface area contributed by atoms with E-state index in [9.17, 15) is 4.79 Å². The van der Waals surface area contributed by atoms with Gasteiger partial charge in [-0.2, -0.15) is 0 Å². The minimum absolute atomic E-state index is 0.00505. The van der Waals surface area contributed by atoms with E-state index in [1.165, 1.54) is 11.3 Å². The van der Waals surface area contributed by atoms with Gasteiger partial charge in [0.15, 0.2) is 0 Å². The molecule has 7 heteroatoms. The summed E-state index contributed by atoms with van der Waals surface area (Å²) in [5.41, 5.74) is 1.84. The predicted molar refractivity (Wildman–Crippen MR) is 88.2 cm³/mol. The Labute approximate surface area is 137 Å². The van der Waals surface area contributed by atoms with E-state index < -0.39 is 0 Å². The van der Waals surface area contributed by atoms with E-state index in [-0.39, 0.29) is 5.91 Å². The minimum atomic E-state index is -0.00505. The molecule has 2 aromatic rings. The molecule has 1 aliphatic carbocycles. The minimum Gasteiger partial charge on any atom is -0.378 e. The van der Waals surface area contributed by atoms with E-state index in [0.717, 1.165) is 41.8 Å². The van der Waals surface area contributed by atoms with Crippen molar-refractivity contribution < 1.29 is 9.53 Å². The van der Waals surface area contributed by atoms with Crippen LogP contribution in [0.3, 0.4) is 0 Å². The molecular formula is C15H16ClN3O2S. The Kier molecular flexibility index (Phi) is 3.68. The lowest BCUT2D eigenvalue weighted by Gasteiger charge is -2.29. The van der Waals surface area contributed by atoms with Crippen LogP contribution in [0.5, 0.6) is 0 Å². The van der Waals surface area contributed by atoms with E-state index in [4.69, 9.17) is 16.3 Å². The highest BCUT2D eigenvalue weighted by molar-refractivity contribution is 7.21. The van der Waals surface area contributed by atoms with Crippen molar-refractivity contribution in [2.75, 3.05) is 31.2 Å². The van der Waals surface area contributed by atoms with Crippen molar-refractivity contribution in [3.8, 4) is 0 Å². The van der Waals surface area contributed by atoms with E-state index in [2.05, 4.69) is 15.2 Å². The summed E-state index contributed by atoms with van der Waals surface area (Å²) in [6, 6.07) is 4.08. The molecule has 0 spiro atoms. The first kappa shape index (κ1) is 14.2. The largest absolute Gasteiger partial charge is 0.378 e. The number of pyridine rings is 1. The van der Waals surface area contributed by atoms with Gasteiger partial charge in [-0.25, -0.2) is 4.98 Å². The molecule has 1 N–H and O–H groups in total. The van der Waals surface area contributed by atoms with Crippen molar-refractivity contribution in [3.05, 3.63) is 22.2 Å². The fourth-order valence-corrected chi connectivity index (χ4v) is 3.85. The van der Waals surface area contributed by atoms with Crippen LogP contribution in [0.25, 0.3) is 10.2 Å². The van der Waals surface area contributed by atoms with E-state index in [0.29, 0.717) is 29.3 Å². The van der Waals surface area contributed by atoms with Crippen LogP contribution in [-0.2, 0) is 4.74 Å². The summed E-state index contributed by atoms with van der Waals surface area (Å²) in [6.45, 7) is 3.08. The number of anilines is 1. The molecule has 2 aromatic heterocycles. The van der Waals surface area contributed by atoms with Crippen molar-refractivity contribution in [1.29, 1.82) is 0 Å². The number of nitrogens with one attached hydrogen (secondary N) is 1. The molecule has 3 heterocycles. The molecule has 1 amide bonds. The second-order valence-electron chi connectivity index (χ2n) is 5.64. The topological polar surface area (TPSA) is 54.5 Å². The van der Waals surface area contributed by atoms with Crippen LogP contribution >= 0.6 is 22.9 Å². The summed E-state index contributed by atoms with van der Waals surface area (Å²) < 4.78 is 6.43. The number of halogens is 1. The number of ether oxygens (including phenoxy) is 1. The second-order valence-corrected chi connectivity index (χ2v) is 7.08. The highest BCUT2D eigenvalue weighted by Gasteiger charge is 2.25. The highest BCUT2D eigenvalue weighted by Crippen LogP contribution is 2.35. The summed E-state index contributed by atoms with van der Waals surface area (Å²) >= 11 is 7.65. The van der Waals surface area contributed by atoms with Crippen molar-refractivity contribution in [3.63, 3.8) is 0 Å². The van der Waals surface area contributed by atoms with E-state index >= 15 is 0 Å². The monoisotopic (exact) mass is 337 g/mol. The van der Waals surface area contributed by atoms with Crippen LogP contribution in [0.2, 0.25) is 5.15 Å². The van der Waals surface area contributed by atoms with Gasteiger partial charge >= 0.3 is 0 Å². The van der Waals surface area contributed by atoms with Crippen molar-refractivity contribution >= 4 is 44.7 Å². The fraction of sp³-hybridized carbons (Fsp3) is 0.467. The van der Waals surface area contributed by atoms with Gasteiger partial charge in [0.1, 0.15) is 5.15 Å². The summed E-state index contributed by atoms with van der Waals surface area (Å²) in [5, 5.41) is 3.48. The third-order valence-electron chi connectivity index (χ3n) is 3.92. The summed E-state index contributed by atoms with van der Waals surface area (Å²) in [5.74, 6) is -0.00505. The zero-order valence-corrected chi connectivity index (χ0v) is 13.5. The number of morpholine rings is 1. The van der Waals surface area contributed by atoms with Gasteiger partial charge in [0.25, 0.3) is 5.91 Å². The quantitative estimate of drug-likeness (QED) is 0.875. The van der Waals surface area contributed by atoms with Gasteiger partial charge in [-0.1, -0.05) is 11.6 Å². The first-order valence-corrected chi connectivity index (χ1v) is 8.64. The van der Waals surface area contributed by atoms with E-state index in [1.54, 1.807) is 0 Å². The maximum Gasteiger partial charge on any atom is 0.261 e. The number of hydrogen-bond donors (Lipinski definition) is 1. The van der Waals surface area contributed by atoms with Crippen LogP contribution in [0.15, 0.2) is 12.1 Å². The summed E-state index contributed by atoms with van der Waals surface area (Å²) in [7, 11) is 0. The van der Waals surface area contributed by atoms with Gasteiger partial charge in [-0.3, -0.25) is 4.79 Å². The predicted octanol–water partition coefficient (Wildman–Crippen LogP) is 2.68. The first-order chi connectivity index (χ1) is 10.7. The molecule has 1 aliphatic heterocycles. The Morgan fingerprint density at radius 2 is 2.14 bits per heavy atom. The number of amides is 1. The average Bonchev–Trinajstić information content (AvgIpc) is 3.23. The van der Waals surface area contributed by atoms with Gasteiger partial charge in [0.2, 0.25) is 0 Å². The average molecular weight is 338 g/mol.